The highest BCUT2D eigenvalue weighted by Gasteiger charge is 2.43. The first-order valence-electron chi connectivity index (χ1n) is 6.06. The molecule has 0 bridgehead atoms. The predicted molar refractivity (Wildman–Crippen MR) is 59.0 cm³/mol. The highest BCUT2D eigenvalue weighted by atomic mass is 19.4. The summed E-state index contributed by atoms with van der Waals surface area (Å²) in [6.07, 6.45) is -3.19. The molecule has 0 aliphatic heterocycles. The Kier molecular flexibility index (Phi) is 3.56. The van der Waals surface area contributed by atoms with E-state index < -0.39 is 24.0 Å². The van der Waals surface area contributed by atoms with Crippen molar-refractivity contribution in [1.82, 2.24) is 4.98 Å². The molecule has 7 heteroatoms. The number of halogens is 3. The van der Waals surface area contributed by atoms with Crippen LogP contribution in [0.25, 0.3) is 0 Å². The molecule has 2 atom stereocenters. The maximum Gasteiger partial charge on any atom is 0.391 e. The highest BCUT2D eigenvalue weighted by molar-refractivity contribution is 5.85. The maximum atomic E-state index is 12.7. The lowest BCUT2D eigenvalue weighted by molar-refractivity contribution is -0.183. The molecular weight excluding hydrogens is 263 g/mol. The van der Waals surface area contributed by atoms with Crippen LogP contribution in [0.3, 0.4) is 0 Å². The van der Waals surface area contributed by atoms with Gasteiger partial charge in [-0.1, -0.05) is 6.42 Å². The summed E-state index contributed by atoms with van der Waals surface area (Å²) in [5.41, 5.74) is 0.205. The second kappa shape index (κ2) is 4.86. The molecule has 1 N–H and O–H groups in total. The van der Waals surface area contributed by atoms with E-state index in [1.54, 1.807) is 0 Å². The quantitative estimate of drug-likeness (QED) is 0.898. The molecule has 19 heavy (non-hydrogen) atoms. The van der Waals surface area contributed by atoms with Crippen LogP contribution >= 0.6 is 0 Å². The summed E-state index contributed by atoms with van der Waals surface area (Å²) < 4.78 is 43.2. The van der Waals surface area contributed by atoms with Crippen LogP contribution in [0.15, 0.2) is 4.42 Å². The molecule has 0 amide bonds. The van der Waals surface area contributed by atoms with E-state index in [0.717, 1.165) is 0 Å². The molecule has 2 unspecified atom stereocenters. The minimum absolute atomic E-state index is 0.0808. The average Bonchev–Trinajstić information content (AvgIpc) is 2.70. The van der Waals surface area contributed by atoms with E-state index >= 15 is 0 Å². The molecule has 1 heterocycles. The Balaban J connectivity index is 2.18. The van der Waals surface area contributed by atoms with Crippen molar-refractivity contribution in [2.75, 3.05) is 0 Å². The number of oxazole rings is 1. The first kappa shape index (κ1) is 13.9. The van der Waals surface area contributed by atoms with Crippen molar-refractivity contribution < 1.29 is 27.5 Å². The normalized spacial score (nSPS) is 24.4. The van der Waals surface area contributed by atoms with Gasteiger partial charge in [0.25, 0.3) is 0 Å². The van der Waals surface area contributed by atoms with E-state index in [4.69, 9.17) is 9.52 Å². The number of alkyl halides is 3. The van der Waals surface area contributed by atoms with E-state index in [2.05, 4.69) is 4.98 Å². The van der Waals surface area contributed by atoms with Crippen molar-refractivity contribution >= 4 is 5.97 Å². The van der Waals surface area contributed by atoms with E-state index in [-0.39, 0.29) is 30.2 Å². The summed E-state index contributed by atoms with van der Waals surface area (Å²) in [5, 5.41) is 8.84. The minimum atomic E-state index is -4.21. The van der Waals surface area contributed by atoms with Gasteiger partial charge in [0.05, 0.1) is 11.6 Å². The first-order valence-corrected chi connectivity index (χ1v) is 6.06. The van der Waals surface area contributed by atoms with Gasteiger partial charge in [-0.25, -0.2) is 9.78 Å². The number of rotatable bonds is 2. The van der Waals surface area contributed by atoms with Gasteiger partial charge < -0.3 is 9.52 Å². The largest absolute Gasteiger partial charge is 0.475 e. The topological polar surface area (TPSA) is 63.3 Å². The van der Waals surface area contributed by atoms with E-state index in [9.17, 15) is 18.0 Å². The predicted octanol–water partition coefficient (Wildman–Crippen LogP) is 3.52. The summed E-state index contributed by atoms with van der Waals surface area (Å²) in [6, 6.07) is 0. The van der Waals surface area contributed by atoms with Crippen molar-refractivity contribution in [3.63, 3.8) is 0 Å². The van der Waals surface area contributed by atoms with Gasteiger partial charge in [-0.15, -0.1) is 0 Å². The third kappa shape index (κ3) is 2.90. The van der Waals surface area contributed by atoms with E-state index in [1.165, 1.54) is 6.92 Å². The lowest BCUT2D eigenvalue weighted by Crippen LogP contribution is -2.28. The Morgan fingerprint density at radius 3 is 2.63 bits per heavy atom. The zero-order chi connectivity index (χ0) is 14.2. The number of hydrogen-bond acceptors (Lipinski definition) is 3. The van der Waals surface area contributed by atoms with Crippen LogP contribution < -0.4 is 0 Å². The van der Waals surface area contributed by atoms with Gasteiger partial charge in [0.1, 0.15) is 0 Å². The van der Waals surface area contributed by atoms with Gasteiger partial charge in [0.2, 0.25) is 5.76 Å². The summed E-state index contributed by atoms with van der Waals surface area (Å²) >= 11 is 0. The smallest absolute Gasteiger partial charge is 0.391 e. The Hall–Kier alpha value is -1.53. The van der Waals surface area contributed by atoms with Gasteiger partial charge in [-0.3, -0.25) is 0 Å². The SMILES string of the molecule is Cc1nc(C2CCCC(C(F)(F)F)C2)oc1C(=O)O. The molecule has 1 aliphatic carbocycles. The first-order chi connectivity index (χ1) is 8.79. The molecule has 0 aromatic carbocycles. The number of aryl methyl sites for hydroxylation is 1. The lowest BCUT2D eigenvalue weighted by Gasteiger charge is -2.28. The summed E-state index contributed by atoms with van der Waals surface area (Å²) in [6.45, 7) is 1.47. The number of aromatic nitrogens is 1. The Morgan fingerprint density at radius 1 is 1.42 bits per heavy atom. The number of hydrogen-bond donors (Lipinski definition) is 1. The van der Waals surface area contributed by atoms with Crippen LogP contribution in [-0.4, -0.2) is 22.2 Å². The van der Waals surface area contributed by atoms with E-state index in [1.807, 2.05) is 0 Å². The fourth-order valence-corrected chi connectivity index (χ4v) is 2.50. The molecule has 0 spiro atoms. The summed E-state index contributed by atoms with van der Waals surface area (Å²) in [7, 11) is 0. The molecule has 1 aromatic heterocycles. The molecule has 1 saturated carbocycles. The average molecular weight is 277 g/mol. The molecule has 0 radical (unpaired) electrons. The molecule has 106 valence electrons. The lowest BCUT2D eigenvalue weighted by atomic mass is 9.81. The number of aromatic carboxylic acids is 1. The van der Waals surface area contributed by atoms with Crippen molar-refractivity contribution in [2.24, 2.45) is 5.92 Å². The second-order valence-corrected chi connectivity index (χ2v) is 4.87. The molecule has 2 rings (SSSR count). The Labute approximate surface area is 107 Å². The molecular formula is C12H14F3NO3. The standard InChI is InChI=1S/C12H14F3NO3/c1-6-9(11(17)18)19-10(16-6)7-3-2-4-8(5-7)12(13,14)15/h7-8H,2-5H2,1H3,(H,17,18). The van der Waals surface area contributed by atoms with Crippen molar-refractivity contribution in [1.29, 1.82) is 0 Å². The zero-order valence-electron chi connectivity index (χ0n) is 10.3. The number of carbonyl (C=O) groups is 1. The zero-order valence-corrected chi connectivity index (χ0v) is 10.3. The Morgan fingerprint density at radius 2 is 2.11 bits per heavy atom. The van der Waals surface area contributed by atoms with Crippen LogP contribution in [0.1, 0.15) is 53.7 Å². The van der Waals surface area contributed by atoms with Crippen molar-refractivity contribution in [3.8, 4) is 0 Å². The monoisotopic (exact) mass is 277 g/mol. The number of carboxylic acid groups (broad SMARTS) is 1. The minimum Gasteiger partial charge on any atom is -0.475 e. The fourth-order valence-electron chi connectivity index (χ4n) is 2.50. The van der Waals surface area contributed by atoms with Gasteiger partial charge in [-0.2, -0.15) is 13.2 Å². The second-order valence-electron chi connectivity index (χ2n) is 4.87. The fraction of sp³-hybridized carbons (Fsp3) is 0.667. The highest BCUT2D eigenvalue weighted by Crippen LogP contribution is 2.43. The van der Waals surface area contributed by atoms with Crippen LogP contribution in [0.4, 0.5) is 13.2 Å². The maximum absolute atomic E-state index is 12.7. The molecule has 0 saturated heterocycles. The third-order valence-corrected chi connectivity index (χ3v) is 3.49. The van der Waals surface area contributed by atoms with Gasteiger partial charge in [-0.05, 0) is 26.2 Å². The van der Waals surface area contributed by atoms with Gasteiger partial charge in [0.15, 0.2) is 5.89 Å². The number of nitrogens with zero attached hydrogens (tertiary/aromatic N) is 1. The van der Waals surface area contributed by atoms with Crippen molar-refractivity contribution in [3.05, 3.63) is 17.3 Å². The van der Waals surface area contributed by atoms with Crippen LogP contribution in [0.5, 0.6) is 0 Å². The van der Waals surface area contributed by atoms with Gasteiger partial charge in [0, 0.05) is 5.92 Å². The molecule has 4 nitrogen and oxygen atoms in total. The molecule has 1 aromatic rings. The third-order valence-electron chi connectivity index (χ3n) is 3.49. The van der Waals surface area contributed by atoms with Crippen molar-refractivity contribution in [2.45, 2.75) is 44.7 Å². The Bertz CT molecular complexity index is 481. The summed E-state index contributed by atoms with van der Waals surface area (Å²) in [5.74, 6) is -3.23. The van der Waals surface area contributed by atoms with Crippen LogP contribution in [-0.2, 0) is 0 Å². The number of carboxylic acids is 1. The van der Waals surface area contributed by atoms with Gasteiger partial charge >= 0.3 is 12.1 Å². The molecule has 1 aliphatic rings. The van der Waals surface area contributed by atoms with Crippen LogP contribution in [0.2, 0.25) is 0 Å². The van der Waals surface area contributed by atoms with Crippen LogP contribution in [0, 0.1) is 12.8 Å². The molecule has 1 fully saturated rings. The van der Waals surface area contributed by atoms with E-state index in [0.29, 0.717) is 12.8 Å². The summed E-state index contributed by atoms with van der Waals surface area (Å²) in [4.78, 5) is 14.8.